The Morgan fingerprint density at radius 3 is 2.38 bits per heavy atom. The molecule has 0 unspecified atom stereocenters. The van der Waals surface area contributed by atoms with E-state index >= 15 is 13.2 Å². The molecule has 0 bridgehead atoms. The van der Waals surface area contributed by atoms with Crippen molar-refractivity contribution >= 4 is 78.7 Å². The van der Waals surface area contributed by atoms with Gasteiger partial charge in [-0.25, -0.2) is 37.5 Å². The van der Waals surface area contributed by atoms with Crippen molar-refractivity contribution in [3.05, 3.63) is 40.3 Å². The van der Waals surface area contributed by atoms with Crippen LogP contribution in [0.1, 0.15) is 41.5 Å². The van der Waals surface area contributed by atoms with Crippen LogP contribution in [0.2, 0.25) is 5.02 Å². The van der Waals surface area contributed by atoms with Crippen LogP contribution < -0.4 is 19.9 Å². The molecular formula is C37H39ClF3N7O6S. The first-order valence-electron chi connectivity index (χ1n) is 17.5. The monoisotopic (exact) mass is 801 g/mol. The number of hydrogen-bond donors (Lipinski definition) is 1. The number of anilines is 3. The molecule has 0 radical (unpaired) electrons. The number of nitrogens with zero attached hydrogens (tertiary/aromatic N) is 6. The number of halogens is 4. The number of fused-ring (bicyclic) bond motifs is 5. The molecule has 18 heteroatoms. The fourth-order valence-corrected chi connectivity index (χ4v) is 8.33. The fourth-order valence-electron chi connectivity index (χ4n) is 7.18. The first-order chi connectivity index (χ1) is 25.8. The van der Waals surface area contributed by atoms with Crippen molar-refractivity contribution in [2.75, 3.05) is 62.0 Å². The molecule has 13 nitrogen and oxygen atoms in total. The number of pyridine rings is 1. The van der Waals surface area contributed by atoms with Gasteiger partial charge in [-0.1, -0.05) is 22.9 Å². The van der Waals surface area contributed by atoms with E-state index < -0.39 is 64.1 Å². The molecule has 2 aromatic carbocycles. The molecule has 292 valence electrons. The molecule has 2 aromatic heterocycles. The van der Waals surface area contributed by atoms with Crippen LogP contribution in [0.5, 0.6) is 5.88 Å². The highest BCUT2D eigenvalue weighted by atomic mass is 35.5. The Morgan fingerprint density at radius 2 is 1.73 bits per heavy atom. The number of ether oxygens (including phenoxy) is 3. The van der Waals surface area contributed by atoms with E-state index in [1.54, 1.807) is 46.4 Å². The maximum atomic E-state index is 17.2. The third-order valence-corrected chi connectivity index (χ3v) is 10.4. The van der Waals surface area contributed by atoms with Gasteiger partial charge in [0.05, 0.1) is 39.6 Å². The Labute approximate surface area is 323 Å². The molecule has 1 N–H and O–H groups in total. The second kappa shape index (κ2) is 13.7. The van der Waals surface area contributed by atoms with Gasteiger partial charge in [-0.3, -0.25) is 5.32 Å². The number of aromatic nitrogens is 2. The predicted molar refractivity (Wildman–Crippen MR) is 204 cm³/mol. The van der Waals surface area contributed by atoms with Gasteiger partial charge in [0.25, 0.3) is 0 Å². The maximum Gasteiger partial charge on any atom is 0.413 e. The molecule has 2 atom stereocenters. The van der Waals surface area contributed by atoms with Crippen molar-refractivity contribution in [3.63, 3.8) is 0 Å². The summed E-state index contributed by atoms with van der Waals surface area (Å²) in [6, 6.07) is 0.921. The van der Waals surface area contributed by atoms with E-state index in [9.17, 15) is 14.4 Å². The Bertz CT molecular complexity index is 2320. The van der Waals surface area contributed by atoms with Gasteiger partial charge < -0.3 is 33.8 Å². The van der Waals surface area contributed by atoms with Gasteiger partial charge in [-0.05, 0) is 61.7 Å². The lowest BCUT2D eigenvalue weighted by Gasteiger charge is -2.52. The number of amides is 2. The number of hydrogen-bond acceptors (Lipinski definition) is 12. The lowest BCUT2D eigenvalue weighted by Crippen LogP contribution is -2.63. The molecule has 5 heterocycles. The normalized spacial score (nSPS) is 18.3. The Hall–Kier alpha value is -4.83. The second-order valence-electron chi connectivity index (χ2n) is 15.8. The van der Waals surface area contributed by atoms with Crippen LogP contribution in [0.4, 0.5) is 39.3 Å². The van der Waals surface area contributed by atoms with E-state index in [2.05, 4.69) is 21.2 Å². The van der Waals surface area contributed by atoms with Gasteiger partial charge in [0.1, 0.15) is 52.3 Å². The fraction of sp³-hybridized carbons (Fsp3) is 0.459. The highest BCUT2D eigenvalue weighted by molar-refractivity contribution is 7.22. The van der Waals surface area contributed by atoms with E-state index in [1.165, 1.54) is 11.0 Å². The third kappa shape index (κ3) is 6.98. The van der Waals surface area contributed by atoms with Crippen LogP contribution in [0.3, 0.4) is 0 Å². The Kier molecular flexibility index (Phi) is 9.59. The first kappa shape index (κ1) is 38.4. The van der Waals surface area contributed by atoms with Gasteiger partial charge in [-0.2, -0.15) is 0 Å². The summed E-state index contributed by atoms with van der Waals surface area (Å²) in [7, 11) is 3.75. The molecule has 3 aliphatic heterocycles. The van der Waals surface area contributed by atoms with Crippen LogP contribution in [-0.2, 0) is 14.3 Å². The van der Waals surface area contributed by atoms with Crippen molar-refractivity contribution in [1.29, 1.82) is 0 Å². The standard InChI is InChI=1S/C37H39ClF3N7O6S/c1-36(2,3)53-34(50)44-33-43-28-25(20(39)12-21(40)31(28)55-33)24-19(38)11-18-27(26(24)41)42-32-30-29(18)47-10-9-46(35(51)54-37(4,5)6)14-22(47)23(15-49)48(30)17(16-52-32)13-45(7)8/h11-12,17,22H,9-10,13-14,16H2,1-8H3,(H,43,44,50)/t17-,22+/m0/s1. The summed E-state index contributed by atoms with van der Waals surface area (Å²) < 4.78 is 65.3. The van der Waals surface area contributed by atoms with Crippen LogP contribution in [-0.4, -0.2) is 108 Å². The minimum absolute atomic E-state index is 0.0210. The van der Waals surface area contributed by atoms with Crippen molar-refractivity contribution in [2.24, 2.45) is 0 Å². The predicted octanol–water partition coefficient (Wildman–Crippen LogP) is 7.21. The molecule has 1 saturated heterocycles. The zero-order chi connectivity index (χ0) is 39.9. The smallest absolute Gasteiger partial charge is 0.413 e. The molecule has 0 saturated carbocycles. The quantitative estimate of drug-likeness (QED) is 0.210. The average molecular weight is 802 g/mol. The molecule has 55 heavy (non-hydrogen) atoms. The van der Waals surface area contributed by atoms with E-state index in [-0.39, 0.29) is 69.1 Å². The number of benzene rings is 2. The Morgan fingerprint density at radius 1 is 1.02 bits per heavy atom. The van der Waals surface area contributed by atoms with Crippen LogP contribution in [0, 0.1) is 17.5 Å². The van der Waals surface area contributed by atoms with Crippen molar-refractivity contribution in [1.82, 2.24) is 19.8 Å². The van der Waals surface area contributed by atoms with Gasteiger partial charge in [-0.15, -0.1) is 0 Å². The molecule has 1 fully saturated rings. The highest BCUT2D eigenvalue weighted by Crippen LogP contribution is 2.54. The van der Waals surface area contributed by atoms with E-state index in [0.717, 1.165) is 0 Å². The largest absolute Gasteiger partial charge is 0.474 e. The highest BCUT2D eigenvalue weighted by Gasteiger charge is 2.48. The number of thiazole rings is 1. The van der Waals surface area contributed by atoms with E-state index in [4.69, 9.17) is 25.8 Å². The number of carbonyl (C=O) groups excluding carboxylic acids is 3. The molecule has 7 rings (SSSR count). The molecule has 3 aliphatic rings. The molecule has 4 aromatic rings. The second-order valence-corrected chi connectivity index (χ2v) is 17.2. The van der Waals surface area contributed by atoms with E-state index in [1.807, 2.05) is 23.9 Å². The lowest BCUT2D eigenvalue weighted by atomic mass is 9.94. The minimum Gasteiger partial charge on any atom is -0.474 e. The molecule has 2 amide bonds. The van der Waals surface area contributed by atoms with E-state index in [0.29, 0.717) is 35.3 Å². The zero-order valence-electron chi connectivity index (χ0n) is 31.4. The van der Waals surface area contributed by atoms with Crippen LogP contribution in [0.15, 0.2) is 17.8 Å². The van der Waals surface area contributed by atoms with Gasteiger partial charge in [0.2, 0.25) is 5.88 Å². The summed E-state index contributed by atoms with van der Waals surface area (Å²) in [6.07, 6.45) is -1.42. The number of carbonyl (C=O) groups is 2. The summed E-state index contributed by atoms with van der Waals surface area (Å²) in [4.78, 5) is 54.6. The van der Waals surface area contributed by atoms with Crippen LogP contribution >= 0.6 is 22.9 Å². The van der Waals surface area contributed by atoms with Gasteiger partial charge in [0, 0.05) is 42.2 Å². The maximum absolute atomic E-state index is 17.2. The van der Waals surface area contributed by atoms with Gasteiger partial charge >= 0.3 is 12.2 Å². The summed E-state index contributed by atoms with van der Waals surface area (Å²) >= 11 is 7.61. The minimum atomic E-state index is -1.15. The summed E-state index contributed by atoms with van der Waals surface area (Å²) in [5.74, 6) is -1.01. The van der Waals surface area contributed by atoms with Crippen molar-refractivity contribution in [3.8, 4) is 17.0 Å². The number of nitrogens with one attached hydrogen (secondary N) is 1. The molecule has 0 spiro atoms. The topological polar surface area (TPSA) is 130 Å². The first-order valence-corrected chi connectivity index (χ1v) is 18.7. The number of rotatable bonds is 4. The average Bonchev–Trinajstić information content (AvgIpc) is 3.48. The SMILES string of the molecule is CN(C)C[C@H]1COc2nc3c(F)c(-c4c(F)cc(F)c5sc(NC(=O)OC(C)(C)C)nc45)c(Cl)cc3c3c2N1C(=C=O)[C@H]1CN(C(=O)OC(C)(C)C)CCN31. The molecular weight excluding hydrogens is 763 g/mol. The number of piperazine rings is 1. The van der Waals surface area contributed by atoms with Crippen molar-refractivity contribution in [2.45, 2.75) is 64.8 Å². The van der Waals surface area contributed by atoms with Crippen molar-refractivity contribution < 1.29 is 41.8 Å². The third-order valence-electron chi connectivity index (χ3n) is 9.11. The summed E-state index contributed by atoms with van der Waals surface area (Å²) in [6.45, 7) is 11.3. The summed E-state index contributed by atoms with van der Waals surface area (Å²) in [5.41, 5.74) is -1.88. The zero-order valence-corrected chi connectivity index (χ0v) is 33.0. The van der Waals surface area contributed by atoms with Crippen LogP contribution in [0.25, 0.3) is 32.2 Å². The lowest BCUT2D eigenvalue weighted by molar-refractivity contribution is 0.0220. The number of likely N-dealkylation sites (N-methyl/N-ethyl adjacent to an activating group) is 1. The molecule has 0 aliphatic carbocycles. The Balaban J connectivity index is 1.41. The summed E-state index contributed by atoms with van der Waals surface area (Å²) in [5, 5.41) is 2.31. The van der Waals surface area contributed by atoms with Gasteiger partial charge in [0.15, 0.2) is 10.9 Å².